The lowest BCUT2D eigenvalue weighted by molar-refractivity contribution is 0.248. The van der Waals surface area contributed by atoms with E-state index in [0.29, 0.717) is 4.47 Å². The molecular weight excluding hydrogens is 333 g/mol. The van der Waals surface area contributed by atoms with Crippen LogP contribution < -0.4 is 4.90 Å². The molecule has 0 N–H and O–H groups in total. The van der Waals surface area contributed by atoms with E-state index in [1.807, 2.05) is 30.5 Å². The minimum absolute atomic E-state index is 0.195. The van der Waals surface area contributed by atoms with Crippen molar-refractivity contribution in [1.29, 1.82) is 0 Å². The van der Waals surface area contributed by atoms with Gasteiger partial charge in [0.2, 0.25) is 0 Å². The van der Waals surface area contributed by atoms with E-state index < -0.39 is 0 Å². The van der Waals surface area contributed by atoms with Gasteiger partial charge in [-0.2, -0.15) is 0 Å². The van der Waals surface area contributed by atoms with Gasteiger partial charge in [-0.1, -0.05) is 18.2 Å². The molecule has 0 aliphatic carbocycles. The molecule has 1 aromatic heterocycles. The highest BCUT2D eigenvalue weighted by Gasteiger charge is 2.19. The maximum Gasteiger partial charge on any atom is 0.137 e. The molecule has 3 nitrogen and oxygen atoms in total. The van der Waals surface area contributed by atoms with E-state index in [9.17, 15) is 4.39 Å². The molecule has 2 aromatic rings. The molecule has 5 heteroatoms. The zero-order chi connectivity index (χ0) is 14.7. The summed E-state index contributed by atoms with van der Waals surface area (Å²) in [7, 11) is 0. The van der Waals surface area contributed by atoms with Crippen LogP contribution in [0.3, 0.4) is 0 Å². The predicted molar refractivity (Wildman–Crippen MR) is 85.8 cm³/mol. The van der Waals surface area contributed by atoms with E-state index in [4.69, 9.17) is 0 Å². The van der Waals surface area contributed by atoms with Crippen LogP contribution in [0.1, 0.15) is 5.56 Å². The summed E-state index contributed by atoms with van der Waals surface area (Å²) in [4.78, 5) is 9.02. The molecule has 21 heavy (non-hydrogen) atoms. The molecule has 1 aliphatic rings. The van der Waals surface area contributed by atoms with Crippen molar-refractivity contribution >= 4 is 21.7 Å². The molecule has 0 saturated carbocycles. The van der Waals surface area contributed by atoms with E-state index in [0.717, 1.165) is 44.1 Å². The van der Waals surface area contributed by atoms with Gasteiger partial charge < -0.3 is 4.90 Å². The summed E-state index contributed by atoms with van der Waals surface area (Å²) < 4.78 is 14.1. The first kappa shape index (κ1) is 14.5. The highest BCUT2D eigenvalue weighted by atomic mass is 79.9. The molecule has 0 atom stereocenters. The Morgan fingerprint density at radius 1 is 1.05 bits per heavy atom. The average Bonchev–Trinajstić information content (AvgIpc) is 2.53. The van der Waals surface area contributed by atoms with Gasteiger partial charge in [0.15, 0.2) is 0 Å². The van der Waals surface area contributed by atoms with E-state index in [2.05, 4.69) is 30.7 Å². The number of hydrogen-bond donors (Lipinski definition) is 0. The molecule has 1 saturated heterocycles. The van der Waals surface area contributed by atoms with Gasteiger partial charge in [-0.15, -0.1) is 0 Å². The van der Waals surface area contributed by atoms with Crippen molar-refractivity contribution in [2.24, 2.45) is 0 Å². The van der Waals surface area contributed by atoms with Crippen LogP contribution in [0, 0.1) is 5.82 Å². The van der Waals surface area contributed by atoms with Crippen LogP contribution in [-0.4, -0.2) is 36.1 Å². The molecule has 1 aromatic carbocycles. The maximum atomic E-state index is 13.5. The number of aromatic nitrogens is 1. The van der Waals surface area contributed by atoms with E-state index in [1.54, 1.807) is 6.07 Å². The fourth-order valence-corrected chi connectivity index (χ4v) is 2.98. The smallest absolute Gasteiger partial charge is 0.137 e. The molecule has 0 unspecified atom stereocenters. The first-order valence-corrected chi connectivity index (χ1v) is 7.84. The van der Waals surface area contributed by atoms with Crippen LogP contribution in [0.15, 0.2) is 47.1 Å². The summed E-state index contributed by atoms with van der Waals surface area (Å²) >= 11 is 3.33. The minimum atomic E-state index is -0.195. The van der Waals surface area contributed by atoms with Gasteiger partial charge in [-0.05, 0) is 39.7 Å². The Balaban J connectivity index is 1.60. The molecule has 1 aliphatic heterocycles. The third-order valence-corrected chi connectivity index (χ3v) is 4.66. The van der Waals surface area contributed by atoms with Gasteiger partial charge >= 0.3 is 0 Å². The molecule has 1 fully saturated rings. The lowest BCUT2D eigenvalue weighted by atomic mass is 10.2. The quantitative estimate of drug-likeness (QED) is 0.847. The number of nitrogens with zero attached hydrogens (tertiary/aromatic N) is 3. The SMILES string of the molecule is Fc1cccc(CN2CCN(c3ccccn3)CC2)c1Br. The predicted octanol–water partition coefficient (Wildman–Crippen LogP) is 3.31. The number of anilines is 1. The number of benzene rings is 1. The first-order valence-electron chi connectivity index (χ1n) is 7.05. The van der Waals surface area contributed by atoms with Crippen LogP contribution in [0.25, 0.3) is 0 Å². The summed E-state index contributed by atoms with van der Waals surface area (Å²) in [5, 5.41) is 0. The summed E-state index contributed by atoms with van der Waals surface area (Å²) in [6.07, 6.45) is 1.82. The van der Waals surface area contributed by atoms with Crippen LogP contribution >= 0.6 is 15.9 Å². The van der Waals surface area contributed by atoms with Crippen LogP contribution in [0.2, 0.25) is 0 Å². The normalized spacial score (nSPS) is 16.2. The minimum Gasteiger partial charge on any atom is -0.354 e. The fraction of sp³-hybridized carbons (Fsp3) is 0.312. The van der Waals surface area contributed by atoms with Crippen molar-refractivity contribution in [3.8, 4) is 0 Å². The highest BCUT2D eigenvalue weighted by molar-refractivity contribution is 9.10. The lowest BCUT2D eigenvalue weighted by Gasteiger charge is -2.35. The zero-order valence-electron chi connectivity index (χ0n) is 11.7. The Labute approximate surface area is 132 Å². The summed E-state index contributed by atoms with van der Waals surface area (Å²) in [5.41, 5.74) is 1.00. The van der Waals surface area contributed by atoms with E-state index in [1.165, 1.54) is 6.07 Å². The molecule has 0 spiro atoms. The molecule has 0 radical (unpaired) electrons. The van der Waals surface area contributed by atoms with Gasteiger partial charge in [0.1, 0.15) is 11.6 Å². The third-order valence-electron chi connectivity index (χ3n) is 3.77. The standard InChI is InChI=1S/C16H17BrFN3/c17-16-13(4-3-5-14(16)18)12-20-8-10-21(11-9-20)15-6-1-2-7-19-15/h1-7H,8-12H2. The van der Waals surface area contributed by atoms with Crippen molar-refractivity contribution < 1.29 is 4.39 Å². The topological polar surface area (TPSA) is 19.4 Å². The van der Waals surface area contributed by atoms with Gasteiger partial charge in [0.25, 0.3) is 0 Å². The maximum absolute atomic E-state index is 13.5. The van der Waals surface area contributed by atoms with Gasteiger partial charge in [0, 0.05) is 38.9 Å². The van der Waals surface area contributed by atoms with Gasteiger partial charge in [0.05, 0.1) is 4.47 Å². The molecule has 0 bridgehead atoms. The number of pyridine rings is 1. The monoisotopic (exact) mass is 349 g/mol. The van der Waals surface area contributed by atoms with Gasteiger partial charge in [-0.3, -0.25) is 4.90 Å². The zero-order valence-corrected chi connectivity index (χ0v) is 13.3. The second kappa shape index (κ2) is 6.54. The molecule has 3 rings (SSSR count). The van der Waals surface area contributed by atoms with Crippen molar-refractivity contribution in [3.63, 3.8) is 0 Å². The fourth-order valence-electron chi connectivity index (χ4n) is 2.59. The summed E-state index contributed by atoms with van der Waals surface area (Å²) in [6, 6.07) is 11.2. The Kier molecular flexibility index (Phi) is 4.51. The summed E-state index contributed by atoms with van der Waals surface area (Å²) in [6.45, 7) is 4.58. The van der Waals surface area contributed by atoms with Crippen molar-refractivity contribution in [3.05, 3.63) is 58.4 Å². The molecule has 110 valence electrons. The Hall–Kier alpha value is -1.46. The van der Waals surface area contributed by atoms with E-state index >= 15 is 0 Å². The number of piperazine rings is 1. The second-order valence-electron chi connectivity index (χ2n) is 5.16. The number of hydrogen-bond acceptors (Lipinski definition) is 3. The average molecular weight is 350 g/mol. The lowest BCUT2D eigenvalue weighted by Crippen LogP contribution is -2.46. The number of rotatable bonds is 3. The summed E-state index contributed by atoms with van der Waals surface area (Å²) in [5.74, 6) is 0.837. The largest absolute Gasteiger partial charge is 0.354 e. The molecule has 2 heterocycles. The third kappa shape index (κ3) is 3.41. The number of halogens is 2. The van der Waals surface area contributed by atoms with E-state index in [-0.39, 0.29) is 5.82 Å². The van der Waals surface area contributed by atoms with Gasteiger partial charge in [-0.25, -0.2) is 9.37 Å². The first-order chi connectivity index (χ1) is 10.2. The van der Waals surface area contributed by atoms with Crippen LogP contribution in [-0.2, 0) is 6.54 Å². The Morgan fingerprint density at radius 3 is 2.57 bits per heavy atom. The van der Waals surface area contributed by atoms with Crippen LogP contribution in [0.4, 0.5) is 10.2 Å². The van der Waals surface area contributed by atoms with Crippen molar-refractivity contribution in [2.45, 2.75) is 6.54 Å². The second-order valence-corrected chi connectivity index (χ2v) is 5.96. The molecule has 0 amide bonds. The van der Waals surface area contributed by atoms with Crippen LogP contribution in [0.5, 0.6) is 0 Å². The highest BCUT2D eigenvalue weighted by Crippen LogP contribution is 2.22. The van der Waals surface area contributed by atoms with Crippen molar-refractivity contribution in [2.75, 3.05) is 31.1 Å². The van der Waals surface area contributed by atoms with Crippen molar-refractivity contribution in [1.82, 2.24) is 9.88 Å². The molecular formula is C16H17BrFN3. The Morgan fingerprint density at radius 2 is 1.86 bits per heavy atom. The Bertz CT molecular complexity index is 598.